The zero-order chi connectivity index (χ0) is 11.4. The van der Waals surface area contributed by atoms with Crippen LogP contribution in [0.5, 0.6) is 11.8 Å². The second-order valence-electron chi connectivity index (χ2n) is 2.74. The van der Waals surface area contributed by atoms with Gasteiger partial charge in [-0.25, -0.2) is 0 Å². The summed E-state index contributed by atoms with van der Waals surface area (Å²) in [4.78, 5) is 20.3. The molecule has 0 saturated carbocycles. The van der Waals surface area contributed by atoms with Crippen molar-refractivity contribution in [2.75, 3.05) is 0 Å². The Balaban J connectivity index is 2.22. The topological polar surface area (TPSA) is 91.0 Å². The first-order valence-corrected chi connectivity index (χ1v) is 4.32. The lowest BCUT2D eigenvalue weighted by atomic mass is 10.3. The number of benzene rings is 1. The summed E-state index contributed by atoms with van der Waals surface area (Å²) in [6.45, 7) is 0. The molecular weight excluding hydrogens is 212 g/mol. The molecule has 2 aromatic rings. The average Bonchev–Trinajstić information content (AvgIpc) is 2.30. The van der Waals surface area contributed by atoms with E-state index in [4.69, 9.17) is 4.74 Å². The van der Waals surface area contributed by atoms with Gasteiger partial charge < -0.3 is 14.9 Å². The van der Waals surface area contributed by atoms with Crippen LogP contribution >= 0.6 is 0 Å². The summed E-state index contributed by atoms with van der Waals surface area (Å²) in [6.07, 6.45) is 1.03. The zero-order valence-corrected chi connectivity index (χ0v) is 7.98. The molecule has 0 amide bonds. The smallest absolute Gasteiger partial charge is 0.412 e. The van der Waals surface area contributed by atoms with Crippen LogP contribution < -0.4 is 4.74 Å². The second kappa shape index (κ2) is 4.30. The maximum absolute atomic E-state index is 10.4. The summed E-state index contributed by atoms with van der Waals surface area (Å²) < 4.78 is 5.20. The Hall–Kier alpha value is -2.57. The average molecular weight is 218 g/mol. The van der Waals surface area contributed by atoms with Crippen LogP contribution in [0.1, 0.15) is 0 Å². The first-order chi connectivity index (χ1) is 7.75. The lowest BCUT2D eigenvalue weighted by Crippen LogP contribution is -1.99. The molecule has 0 N–H and O–H groups in total. The van der Waals surface area contributed by atoms with Crippen molar-refractivity contribution in [1.29, 1.82) is 0 Å². The van der Waals surface area contributed by atoms with Crippen LogP contribution in [0, 0.1) is 10.1 Å². The van der Waals surface area contributed by atoms with Crippen molar-refractivity contribution in [3.63, 3.8) is 0 Å². The fourth-order valence-electron chi connectivity index (χ4n) is 1.00. The third kappa shape index (κ3) is 2.27. The SMILES string of the molecule is O=[N+]([O-])c1ncnc(Oc2ccccc2)n1. The predicted molar refractivity (Wildman–Crippen MR) is 53.0 cm³/mol. The molecule has 1 heterocycles. The van der Waals surface area contributed by atoms with Crippen LogP contribution in [0.4, 0.5) is 5.95 Å². The third-order valence-electron chi connectivity index (χ3n) is 1.65. The first-order valence-electron chi connectivity index (χ1n) is 4.32. The molecule has 16 heavy (non-hydrogen) atoms. The molecular formula is C9H6N4O3. The lowest BCUT2D eigenvalue weighted by Gasteiger charge is -1.99. The Morgan fingerprint density at radius 2 is 1.94 bits per heavy atom. The van der Waals surface area contributed by atoms with Gasteiger partial charge in [-0.3, -0.25) is 0 Å². The van der Waals surface area contributed by atoms with Crippen LogP contribution in [-0.4, -0.2) is 19.9 Å². The maximum Gasteiger partial charge on any atom is 0.475 e. The standard InChI is InChI=1S/C9H6N4O3/c14-13(15)8-10-6-11-9(12-8)16-7-4-2-1-3-5-7/h1-6H. The van der Waals surface area contributed by atoms with Gasteiger partial charge in [-0.05, 0) is 22.0 Å². The van der Waals surface area contributed by atoms with Crippen LogP contribution in [0.2, 0.25) is 0 Å². The molecule has 0 bridgehead atoms. The number of nitro groups is 1. The Morgan fingerprint density at radius 1 is 1.19 bits per heavy atom. The number of nitrogens with zero attached hydrogens (tertiary/aromatic N) is 4. The van der Waals surface area contributed by atoms with E-state index in [1.807, 2.05) is 6.07 Å². The van der Waals surface area contributed by atoms with E-state index in [1.165, 1.54) is 0 Å². The molecule has 1 aromatic heterocycles. The molecule has 0 aliphatic rings. The number of para-hydroxylation sites is 1. The van der Waals surface area contributed by atoms with E-state index in [0.717, 1.165) is 6.33 Å². The quantitative estimate of drug-likeness (QED) is 0.573. The van der Waals surface area contributed by atoms with E-state index in [-0.39, 0.29) is 6.01 Å². The summed E-state index contributed by atoms with van der Waals surface area (Å²) in [7, 11) is 0. The summed E-state index contributed by atoms with van der Waals surface area (Å²) >= 11 is 0. The summed E-state index contributed by atoms with van der Waals surface area (Å²) in [5.41, 5.74) is 0. The number of ether oxygens (including phenoxy) is 1. The molecule has 0 saturated heterocycles. The molecule has 2 rings (SSSR count). The van der Waals surface area contributed by atoms with Crippen LogP contribution in [0.3, 0.4) is 0 Å². The minimum absolute atomic E-state index is 0.104. The van der Waals surface area contributed by atoms with E-state index in [0.29, 0.717) is 5.75 Å². The van der Waals surface area contributed by atoms with Gasteiger partial charge in [0, 0.05) is 0 Å². The number of hydrogen-bond acceptors (Lipinski definition) is 6. The van der Waals surface area contributed by atoms with Gasteiger partial charge in [0.1, 0.15) is 5.75 Å². The van der Waals surface area contributed by atoms with Gasteiger partial charge in [-0.15, -0.1) is 4.98 Å². The number of rotatable bonds is 3. The molecule has 7 nitrogen and oxygen atoms in total. The van der Waals surface area contributed by atoms with Gasteiger partial charge in [-0.1, -0.05) is 23.2 Å². The highest BCUT2D eigenvalue weighted by Gasteiger charge is 2.13. The van der Waals surface area contributed by atoms with Crippen molar-refractivity contribution in [2.24, 2.45) is 0 Å². The molecule has 0 atom stereocenters. The molecule has 0 aliphatic carbocycles. The van der Waals surface area contributed by atoms with Crippen molar-refractivity contribution in [1.82, 2.24) is 15.0 Å². The molecule has 0 spiro atoms. The van der Waals surface area contributed by atoms with Gasteiger partial charge >= 0.3 is 12.0 Å². The van der Waals surface area contributed by atoms with E-state index in [9.17, 15) is 10.1 Å². The fourth-order valence-corrected chi connectivity index (χ4v) is 1.00. The van der Waals surface area contributed by atoms with Crippen molar-refractivity contribution in [3.8, 4) is 11.8 Å². The van der Waals surface area contributed by atoms with E-state index >= 15 is 0 Å². The van der Waals surface area contributed by atoms with Crippen LogP contribution in [-0.2, 0) is 0 Å². The Labute approximate surface area is 89.9 Å². The highest BCUT2D eigenvalue weighted by Crippen LogP contribution is 2.17. The summed E-state index contributed by atoms with van der Waals surface area (Å²) in [5.74, 6) is -0.0380. The van der Waals surface area contributed by atoms with Crippen molar-refractivity contribution >= 4 is 5.95 Å². The van der Waals surface area contributed by atoms with Gasteiger partial charge in [0.05, 0.1) is 0 Å². The third-order valence-corrected chi connectivity index (χ3v) is 1.65. The summed E-state index contributed by atoms with van der Waals surface area (Å²) in [6, 6.07) is 8.64. The predicted octanol–water partition coefficient (Wildman–Crippen LogP) is 1.57. The zero-order valence-electron chi connectivity index (χ0n) is 7.98. The normalized spacial score (nSPS) is 9.75. The molecule has 0 aliphatic heterocycles. The van der Waals surface area contributed by atoms with Gasteiger partial charge in [0.2, 0.25) is 6.33 Å². The molecule has 0 unspecified atom stereocenters. The minimum atomic E-state index is -0.709. The van der Waals surface area contributed by atoms with Gasteiger partial charge in [-0.2, -0.15) is 0 Å². The van der Waals surface area contributed by atoms with E-state index < -0.39 is 10.9 Å². The maximum atomic E-state index is 10.4. The molecule has 7 heteroatoms. The van der Waals surface area contributed by atoms with Crippen molar-refractivity contribution in [3.05, 3.63) is 46.8 Å². The van der Waals surface area contributed by atoms with Gasteiger partial charge in [0.25, 0.3) is 0 Å². The molecule has 1 aromatic carbocycles. The Bertz CT molecular complexity index is 503. The number of hydrogen-bond donors (Lipinski definition) is 0. The molecule has 80 valence electrons. The van der Waals surface area contributed by atoms with Gasteiger partial charge in [0.15, 0.2) is 0 Å². The largest absolute Gasteiger partial charge is 0.475 e. The fraction of sp³-hybridized carbons (Fsp3) is 0. The van der Waals surface area contributed by atoms with E-state index in [2.05, 4.69) is 15.0 Å². The monoisotopic (exact) mass is 218 g/mol. The van der Waals surface area contributed by atoms with Crippen molar-refractivity contribution < 1.29 is 9.66 Å². The van der Waals surface area contributed by atoms with Crippen LogP contribution in [0.15, 0.2) is 36.7 Å². The molecule has 0 fully saturated rings. The Kier molecular flexibility index (Phi) is 2.68. The molecule has 0 radical (unpaired) electrons. The second-order valence-corrected chi connectivity index (χ2v) is 2.74. The minimum Gasteiger partial charge on any atom is -0.412 e. The Morgan fingerprint density at radius 3 is 2.62 bits per heavy atom. The lowest BCUT2D eigenvalue weighted by molar-refractivity contribution is -0.394. The summed E-state index contributed by atoms with van der Waals surface area (Å²) in [5, 5.41) is 10.4. The first kappa shape index (κ1) is 9.97. The highest BCUT2D eigenvalue weighted by atomic mass is 16.6. The van der Waals surface area contributed by atoms with E-state index in [1.54, 1.807) is 24.3 Å². The number of aromatic nitrogens is 3. The van der Waals surface area contributed by atoms with Crippen LogP contribution in [0.25, 0.3) is 0 Å². The highest BCUT2D eigenvalue weighted by molar-refractivity contribution is 5.24. The van der Waals surface area contributed by atoms with Crippen molar-refractivity contribution in [2.45, 2.75) is 0 Å².